The van der Waals surface area contributed by atoms with Crippen LogP contribution in [0.2, 0.25) is 0 Å². The Morgan fingerprint density at radius 3 is 2.67 bits per heavy atom. The topological polar surface area (TPSA) is 72.2 Å². The van der Waals surface area contributed by atoms with Gasteiger partial charge in [0.25, 0.3) is 0 Å². The van der Waals surface area contributed by atoms with Gasteiger partial charge in [0, 0.05) is 11.8 Å². The van der Waals surface area contributed by atoms with Crippen molar-refractivity contribution in [2.24, 2.45) is 5.73 Å². The third-order valence-corrected chi connectivity index (χ3v) is 1.07. The lowest BCUT2D eigenvalue weighted by Crippen LogP contribution is -2.13. The zero-order valence-electron chi connectivity index (χ0n) is 4.68. The van der Waals surface area contributed by atoms with Crippen LogP contribution in [0.3, 0.4) is 0 Å². The molecule has 4 nitrogen and oxygen atoms in total. The maximum absolute atomic E-state index is 10.4. The van der Waals surface area contributed by atoms with Crippen LogP contribution in [0.25, 0.3) is 0 Å². The van der Waals surface area contributed by atoms with Gasteiger partial charge in [-0.25, -0.2) is 0 Å². The third kappa shape index (κ3) is 1.07. The van der Waals surface area contributed by atoms with E-state index in [4.69, 9.17) is 5.73 Å². The quantitative estimate of drug-likeness (QED) is 0.467. The fourth-order valence-corrected chi connectivity index (χ4v) is 0.601. The molecule has 0 radical (unpaired) electrons. The lowest BCUT2D eigenvalue weighted by molar-refractivity contribution is -0.120. The van der Waals surface area contributed by atoms with E-state index in [9.17, 15) is 9.59 Å². The molecule has 0 fully saturated rings. The number of nitrogens with two attached hydrogens (primary N) is 1. The Bertz CT molecular complexity index is 195. The van der Waals surface area contributed by atoms with E-state index in [1.54, 1.807) is 0 Å². The zero-order chi connectivity index (χ0) is 6.85. The number of carbonyl (C=O) groups is 2. The zero-order valence-corrected chi connectivity index (χ0v) is 4.68. The van der Waals surface area contributed by atoms with Gasteiger partial charge in [-0.05, 0) is 0 Å². The molecule has 0 saturated heterocycles. The second-order valence-electron chi connectivity index (χ2n) is 1.78. The number of hydrogen-bond acceptors (Lipinski definition) is 2. The molecule has 0 aromatic heterocycles. The van der Waals surface area contributed by atoms with E-state index in [1.165, 1.54) is 6.20 Å². The molecule has 0 spiro atoms. The minimum Gasteiger partial charge on any atom is -0.366 e. The van der Waals surface area contributed by atoms with Crippen LogP contribution in [0, 0.1) is 0 Å². The summed E-state index contributed by atoms with van der Waals surface area (Å²) in [7, 11) is 0. The normalized spacial score (nSPS) is 16.9. The van der Waals surface area contributed by atoms with Crippen molar-refractivity contribution in [3.05, 3.63) is 11.8 Å². The highest BCUT2D eigenvalue weighted by Crippen LogP contribution is 2.04. The molecule has 48 valence electrons. The summed E-state index contributed by atoms with van der Waals surface area (Å²) in [5.74, 6) is -0.711. The van der Waals surface area contributed by atoms with Crippen molar-refractivity contribution in [3.63, 3.8) is 0 Å². The van der Waals surface area contributed by atoms with Crippen LogP contribution in [0.1, 0.15) is 6.42 Å². The monoisotopic (exact) mass is 126 g/mol. The summed E-state index contributed by atoms with van der Waals surface area (Å²) in [6.45, 7) is 0. The minimum absolute atomic E-state index is 0.120. The first-order valence-electron chi connectivity index (χ1n) is 2.48. The molecule has 0 aromatic carbocycles. The maximum atomic E-state index is 10.4. The van der Waals surface area contributed by atoms with Gasteiger partial charge in [0.15, 0.2) is 0 Å². The molecule has 0 bridgehead atoms. The predicted octanol–water partition coefficient (Wildman–Crippen LogP) is -1.12. The Labute approximate surface area is 51.7 Å². The molecule has 9 heavy (non-hydrogen) atoms. The summed E-state index contributed by atoms with van der Waals surface area (Å²) in [5, 5.41) is 2.35. The lowest BCUT2D eigenvalue weighted by Gasteiger charge is -1.86. The summed E-state index contributed by atoms with van der Waals surface area (Å²) >= 11 is 0. The first kappa shape index (κ1) is 5.81. The third-order valence-electron chi connectivity index (χ3n) is 1.07. The van der Waals surface area contributed by atoms with Crippen molar-refractivity contribution in [2.45, 2.75) is 6.42 Å². The standard InChI is InChI=1S/C5H6N2O2/c6-5(9)3-1-4(8)7-2-3/h2H,1H2,(H2,6,9)(H,7,8). The van der Waals surface area contributed by atoms with Crippen LogP contribution in [-0.2, 0) is 9.59 Å². The average molecular weight is 126 g/mol. The predicted molar refractivity (Wildman–Crippen MR) is 30.0 cm³/mol. The van der Waals surface area contributed by atoms with Crippen LogP contribution in [0.15, 0.2) is 11.8 Å². The van der Waals surface area contributed by atoms with Crippen LogP contribution in [0.5, 0.6) is 0 Å². The minimum atomic E-state index is -0.534. The fraction of sp³-hybridized carbons (Fsp3) is 0.200. The molecular weight excluding hydrogens is 120 g/mol. The molecule has 0 unspecified atom stereocenters. The summed E-state index contributed by atoms with van der Waals surface area (Å²) in [4.78, 5) is 20.7. The van der Waals surface area contributed by atoms with Gasteiger partial charge in [0.05, 0.1) is 6.42 Å². The number of hydrogen-bond donors (Lipinski definition) is 2. The van der Waals surface area contributed by atoms with Gasteiger partial charge in [-0.2, -0.15) is 0 Å². The van der Waals surface area contributed by atoms with E-state index in [0.29, 0.717) is 5.57 Å². The number of primary amides is 1. The Morgan fingerprint density at radius 1 is 1.78 bits per heavy atom. The average Bonchev–Trinajstić information content (AvgIpc) is 2.14. The van der Waals surface area contributed by atoms with E-state index < -0.39 is 5.91 Å². The fourth-order valence-electron chi connectivity index (χ4n) is 0.601. The smallest absolute Gasteiger partial charge is 0.246 e. The molecule has 0 aromatic rings. The van der Waals surface area contributed by atoms with Crippen molar-refractivity contribution in [1.29, 1.82) is 0 Å². The first-order valence-corrected chi connectivity index (χ1v) is 2.48. The van der Waals surface area contributed by atoms with E-state index in [0.717, 1.165) is 0 Å². The molecule has 1 rings (SSSR count). The number of amides is 2. The van der Waals surface area contributed by atoms with Gasteiger partial charge < -0.3 is 11.1 Å². The van der Waals surface area contributed by atoms with Gasteiger partial charge in [-0.15, -0.1) is 0 Å². The van der Waals surface area contributed by atoms with E-state index in [1.807, 2.05) is 0 Å². The van der Waals surface area contributed by atoms with E-state index in [2.05, 4.69) is 5.32 Å². The van der Waals surface area contributed by atoms with Crippen LogP contribution < -0.4 is 11.1 Å². The SMILES string of the molecule is NC(=O)C1=CNC(=O)C1. The molecule has 3 N–H and O–H groups in total. The molecule has 0 aliphatic carbocycles. The van der Waals surface area contributed by atoms with E-state index >= 15 is 0 Å². The molecular formula is C5H6N2O2. The molecule has 2 amide bonds. The van der Waals surface area contributed by atoms with Crippen molar-refractivity contribution in [2.75, 3.05) is 0 Å². The van der Waals surface area contributed by atoms with Crippen LogP contribution in [-0.4, -0.2) is 11.8 Å². The second-order valence-corrected chi connectivity index (χ2v) is 1.78. The van der Waals surface area contributed by atoms with Gasteiger partial charge in [0.1, 0.15) is 0 Å². The van der Waals surface area contributed by atoms with Crippen LogP contribution in [0.4, 0.5) is 0 Å². The van der Waals surface area contributed by atoms with Gasteiger partial charge in [0.2, 0.25) is 11.8 Å². The van der Waals surface area contributed by atoms with Crippen LogP contribution >= 0.6 is 0 Å². The summed E-state index contributed by atoms with van der Waals surface area (Å²) in [6.07, 6.45) is 1.46. The molecule has 1 heterocycles. The van der Waals surface area contributed by atoms with Gasteiger partial charge in [-0.3, -0.25) is 9.59 Å². The molecule has 4 heteroatoms. The highest BCUT2D eigenvalue weighted by Gasteiger charge is 2.15. The summed E-state index contributed by atoms with van der Waals surface area (Å²) < 4.78 is 0. The van der Waals surface area contributed by atoms with Gasteiger partial charge in [-0.1, -0.05) is 0 Å². The Balaban J connectivity index is 2.65. The van der Waals surface area contributed by atoms with Crippen molar-refractivity contribution in [1.82, 2.24) is 5.32 Å². The van der Waals surface area contributed by atoms with Crippen molar-refractivity contribution >= 4 is 11.8 Å². The highest BCUT2D eigenvalue weighted by atomic mass is 16.2. The molecule has 0 saturated carbocycles. The summed E-state index contributed by atoms with van der Waals surface area (Å²) in [5.41, 5.74) is 5.21. The first-order chi connectivity index (χ1) is 4.20. The Morgan fingerprint density at radius 2 is 2.44 bits per heavy atom. The number of nitrogens with one attached hydrogen (secondary N) is 1. The Hall–Kier alpha value is -1.32. The largest absolute Gasteiger partial charge is 0.366 e. The number of carbonyl (C=O) groups excluding carboxylic acids is 2. The second kappa shape index (κ2) is 1.89. The van der Waals surface area contributed by atoms with Crippen molar-refractivity contribution < 1.29 is 9.59 Å². The molecule has 1 aliphatic rings. The summed E-state index contributed by atoms with van der Waals surface area (Å²) in [6, 6.07) is 0. The molecule has 1 aliphatic heterocycles. The highest BCUT2D eigenvalue weighted by molar-refractivity contribution is 6.00. The van der Waals surface area contributed by atoms with Crippen molar-refractivity contribution in [3.8, 4) is 0 Å². The van der Waals surface area contributed by atoms with Gasteiger partial charge >= 0.3 is 0 Å². The molecule has 0 atom stereocenters. The lowest BCUT2D eigenvalue weighted by atomic mass is 10.2. The number of rotatable bonds is 1. The Kier molecular flexibility index (Phi) is 1.22. The maximum Gasteiger partial charge on any atom is 0.246 e. The van der Waals surface area contributed by atoms with E-state index in [-0.39, 0.29) is 12.3 Å².